The van der Waals surface area contributed by atoms with Gasteiger partial charge in [0.25, 0.3) is 0 Å². The molecule has 2 atom stereocenters. The molecule has 0 saturated heterocycles. The molecule has 1 aromatic heterocycles. The number of aliphatic carboxylic acids is 1. The highest BCUT2D eigenvalue weighted by atomic mass is 16.4. The van der Waals surface area contributed by atoms with Crippen LogP contribution >= 0.6 is 0 Å². The van der Waals surface area contributed by atoms with Gasteiger partial charge >= 0.3 is 5.97 Å². The van der Waals surface area contributed by atoms with Crippen LogP contribution in [0.15, 0.2) is 18.2 Å². The van der Waals surface area contributed by atoms with Crippen LogP contribution in [0.2, 0.25) is 0 Å². The van der Waals surface area contributed by atoms with E-state index in [2.05, 4.69) is 9.88 Å². The quantitative estimate of drug-likeness (QED) is 0.842. The summed E-state index contributed by atoms with van der Waals surface area (Å²) in [6.07, 6.45) is 0. The smallest absolute Gasteiger partial charge is 0.307 e. The maximum absolute atomic E-state index is 11.0. The Morgan fingerprint density at radius 2 is 2.11 bits per heavy atom. The topological polar surface area (TPSA) is 53.4 Å². The van der Waals surface area contributed by atoms with E-state index in [4.69, 9.17) is 5.11 Å². The van der Waals surface area contributed by atoms with Gasteiger partial charge in [0.15, 0.2) is 0 Å². The first-order chi connectivity index (χ1) is 8.45. The first kappa shape index (κ1) is 14.6. The molecule has 18 heavy (non-hydrogen) atoms. The highest BCUT2D eigenvalue weighted by Crippen LogP contribution is 2.14. The third kappa shape index (κ3) is 3.81. The Kier molecular flexibility index (Phi) is 5.28. The van der Waals surface area contributed by atoms with Crippen molar-refractivity contribution in [2.24, 2.45) is 5.92 Å². The molecule has 100 valence electrons. The summed E-state index contributed by atoms with van der Waals surface area (Å²) in [6, 6.07) is 5.92. The van der Waals surface area contributed by atoms with E-state index in [1.807, 2.05) is 39.0 Å². The summed E-state index contributed by atoms with van der Waals surface area (Å²) in [5, 5.41) is 9.06. The van der Waals surface area contributed by atoms with Crippen LogP contribution in [0.4, 0.5) is 0 Å². The number of hydrogen-bond acceptors (Lipinski definition) is 3. The van der Waals surface area contributed by atoms with Crippen LogP contribution < -0.4 is 0 Å². The molecule has 0 saturated carbocycles. The van der Waals surface area contributed by atoms with E-state index in [1.54, 1.807) is 6.92 Å². The van der Waals surface area contributed by atoms with E-state index in [-0.39, 0.29) is 12.0 Å². The van der Waals surface area contributed by atoms with Gasteiger partial charge in [0.2, 0.25) is 0 Å². The summed E-state index contributed by atoms with van der Waals surface area (Å²) in [4.78, 5) is 17.6. The van der Waals surface area contributed by atoms with Gasteiger partial charge in [-0.3, -0.25) is 14.7 Å². The number of nitrogens with zero attached hydrogens (tertiary/aromatic N) is 2. The fourth-order valence-corrected chi connectivity index (χ4v) is 1.96. The molecule has 1 rings (SSSR count). The molecule has 0 aliphatic carbocycles. The molecular weight excluding hydrogens is 228 g/mol. The minimum absolute atomic E-state index is 0.00480. The minimum atomic E-state index is -0.752. The zero-order chi connectivity index (χ0) is 13.7. The molecule has 1 N–H and O–H groups in total. The lowest BCUT2D eigenvalue weighted by Gasteiger charge is -2.30. The van der Waals surface area contributed by atoms with Crippen molar-refractivity contribution in [1.82, 2.24) is 9.88 Å². The maximum atomic E-state index is 11.0. The number of carbonyl (C=O) groups is 1. The predicted octanol–water partition coefficient (Wildman–Crippen LogP) is 2.32. The summed E-state index contributed by atoms with van der Waals surface area (Å²) in [6.45, 7) is 9.22. The fraction of sp³-hybridized carbons (Fsp3) is 0.571. The van der Waals surface area contributed by atoms with Gasteiger partial charge in [-0.05, 0) is 32.5 Å². The SMILES string of the molecule is CCN(Cc1cccc(C)n1)C(C)C(C)C(=O)O. The first-order valence-corrected chi connectivity index (χ1v) is 6.35. The highest BCUT2D eigenvalue weighted by Gasteiger charge is 2.24. The van der Waals surface area contributed by atoms with Crippen molar-refractivity contribution in [3.63, 3.8) is 0 Å². The van der Waals surface area contributed by atoms with E-state index >= 15 is 0 Å². The van der Waals surface area contributed by atoms with Crippen LogP contribution in [0.25, 0.3) is 0 Å². The van der Waals surface area contributed by atoms with Crippen LogP contribution in [-0.2, 0) is 11.3 Å². The van der Waals surface area contributed by atoms with Gasteiger partial charge in [-0.1, -0.05) is 19.9 Å². The lowest BCUT2D eigenvalue weighted by Crippen LogP contribution is -2.40. The molecule has 4 heteroatoms. The average molecular weight is 250 g/mol. The molecule has 1 aromatic rings. The number of rotatable bonds is 6. The van der Waals surface area contributed by atoms with Gasteiger partial charge < -0.3 is 5.11 Å². The maximum Gasteiger partial charge on any atom is 0.307 e. The molecule has 0 aliphatic heterocycles. The largest absolute Gasteiger partial charge is 0.481 e. The van der Waals surface area contributed by atoms with Crippen LogP contribution in [-0.4, -0.2) is 33.5 Å². The minimum Gasteiger partial charge on any atom is -0.481 e. The van der Waals surface area contributed by atoms with E-state index < -0.39 is 5.97 Å². The molecule has 2 unspecified atom stereocenters. The number of aryl methyl sites for hydroxylation is 1. The van der Waals surface area contributed by atoms with Crippen molar-refractivity contribution in [2.75, 3.05) is 6.54 Å². The van der Waals surface area contributed by atoms with Gasteiger partial charge in [-0.15, -0.1) is 0 Å². The summed E-state index contributed by atoms with van der Waals surface area (Å²) in [5.74, 6) is -1.13. The number of pyridine rings is 1. The second-order valence-electron chi connectivity index (χ2n) is 4.70. The van der Waals surface area contributed by atoms with Crippen molar-refractivity contribution in [2.45, 2.75) is 40.3 Å². The number of carboxylic acid groups (broad SMARTS) is 1. The average Bonchev–Trinajstić information content (AvgIpc) is 2.34. The van der Waals surface area contributed by atoms with E-state index in [0.717, 1.165) is 17.9 Å². The number of hydrogen-bond donors (Lipinski definition) is 1. The lowest BCUT2D eigenvalue weighted by molar-refractivity contribution is -0.143. The molecule has 0 fully saturated rings. The number of aromatic nitrogens is 1. The second kappa shape index (κ2) is 6.50. The molecular formula is C14H22N2O2. The lowest BCUT2D eigenvalue weighted by atomic mass is 10.0. The Labute approximate surface area is 109 Å². The van der Waals surface area contributed by atoms with Crippen molar-refractivity contribution >= 4 is 5.97 Å². The van der Waals surface area contributed by atoms with Crippen LogP contribution in [0, 0.1) is 12.8 Å². The molecule has 0 aliphatic rings. The summed E-state index contributed by atoms with van der Waals surface area (Å²) in [5.41, 5.74) is 1.98. The molecule has 0 spiro atoms. The van der Waals surface area contributed by atoms with Crippen LogP contribution in [0.5, 0.6) is 0 Å². The zero-order valence-corrected chi connectivity index (χ0v) is 11.6. The standard InChI is InChI=1S/C14H22N2O2/c1-5-16(12(4)11(3)14(17)18)9-13-8-6-7-10(2)15-13/h6-8,11-12H,5,9H2,1-4H3,(H,17,18). The molecule has 0 bridgehead atoms. The Hall–Kier alpha value is -1.42. The fourth-order valence-electron chi connectivity index (χ4n) is 1.96. The van der Waals surface area contributed by atoms with Gasteiger partial charge in [-0.25, -0.2) is 0 Å². The second-order valence-corrected chi connectivity index (χ2v) is 4.70. The van der Waals surface area contributed by atoms with Gasteiger partial charge in [-0.2, -0.15) is 0 Å². The van der Waals surface area contributed by atoms with Gasteiger partial charge in [0, 0.05) is 18.3 Å². The van der Waals surface area contributed by atoms with Crippen LogP contribution in [0.1, 0.15) is 32.2 Å². The highest BCUT2D eigenvalue weighted by molar-refractivity contribution is 5.70. The van der Waals surface area contributed by atoms with E-state index in [9.17, 15) is 4.79 Å². The third-order valence-electron chi connectivity index (χ3n) is 3.41. The van der Waals surface area contributed by atoms with Crippen LogP contribution in [0.3, 0.4) is 0 Å². The number of carboxylic acids is 1. The van der Waals surface area contributed by atoms with Crippen molar-refractivity contribution in [3.8, 4) is 0 Å². The van der Waals surface area contributed by atoms with Gasteiger partial charge in [0.1, 0.15) is 0 Å². The van der Waals surface area contributed by atoms with E-state index in [1.165, 1.54) is 0 Å². The van der Waals surface area contributed by atoms with Gasteiger partial charge in [0.05, 0.1) is 11.6 Å². The third-order valence-corrected chi connectivity index (χ3v) is 3.41. The summed E-state index contributed by atoms with van der Waals surface area (Å²) < 4.78 is 0. The molecule has 0 radical (unpaired) electrons. The van der Waals surface area contributed by atoms with Crippen molar-refractivity contribution in [3.05, 3.63) is 29.6 Å². The summed E-state index contributed by atoms with van der Waals surface area (Å²) >= 11 is 0. The monoisotopic (exact) mass is 250 g/mol. The first-order valence-electron chi connectivity index (χ1n) is 6.35. The normalized spacial score (nSPS) is 14.5. The molecule has 0 aromatic carbocycles. The van der Waals surface area contributed by atoms with Crippen molar-refractivity contribution in [1.29, 1.82) is 0 Å². The Balaban J connectivity index is 2.75. The molecule has 1 heterocycles. The van der Waals surface area contributed by atoms with Crippen molar-refractivity contribution < 1.29 is 9.90 Å². The Morgan fingerprint density at radius 3 is 2.61 bits per heavy atom. The Bertz CT molecular complexity index is 407. The van der Waals surface area contributed by atoms with E-state index in [0.29, 0.717) is 6.54 Å². The zero-order valence-electron chi connectivity index (χ0n) is 11.6. The molecule has 0 amide bonds. The Morgan fingerprint density at radius 1 is 1.44 bits per heavy atom. The molecule has 4 nitrogen and oxygen atoms in total. The summed E-state index contributed by atoms with van der Waals surface area (Å²) in [7, 11) is 0. The predicted molar refractivity (Wildman–Crippen MR) is 71.3 cm³/mol.